The molecule has 0 aromatic carbocycles. The van der Waals surface area contributed by atoms with Crippen LogP contribution in [0.4, 0.5) is 0 Å². The van der Waals surface area contributed by atoms with Gasteiger partial charge in [0.05, 0.1) is 6.61 Å². The quantitative estimate of drug-likeness (QED) is 0.749. The lowest BCUT2D eigenvalue weighted by Gasteiger charge is -1.98. The lowest BCUT2D eigenvalue weighted by molar-refractivity contribution is 0.0914. The fourth-order valence-corrected chi connectivity index (χ4v) is 1.44. The molecule has 0 amide bonds. The third kappa shape index (κ3) is 1.67. The molecule has 1 aliphatic rings. The van der Waals surface area contributed by atoms with E-state index in [1.807, 2.05) is 0 Å². The minimum absolute atomic E-state index is 0.191. The van der Waals surface area contributed by atoms with Crippen LogP contribution in [0.25, 0.3) is 0 Å². The number of hydrogen-bond acceptors (Lipinski definition) is 3. The highest BCUT2D eigenvalue weighted by atomic mass is 79.9. The second kappa shape index (κ2) is 3.38. The molecule has 0 saturated carbocycles. The zero-order chi connectivity index (χ0) is 9.26. The van der Waals surface area contributed by atoms with E-state index in [9.17, 15) is 4.79 Å². The average molecular weight is 243 g/mol. The van der Waals surface area contributed by atoms with Gasteiger partial charge in [-0.2, -0.15) is 0 Å². The number of carbonyl (C=O) groups excluding carboxylic acids is 1. The molecule has 0 fully saturated rings. The Bertz CT molecular complexity index is 365. The average Bonchev–Trinajstić information content (AvgIpc) is 2.72. The van der Waals surface area contributed by atoms with Crippen LogP contribution in [0.3, 0.4) is 0 Å². The van der Waals surface area contributed by atoms with Crippen LogP contribution in [0.1, 0.15) is 17.0 Å². The highest BCUT2D eigenvalue weighted by Gasteiger charge is 2.19. The summed E-state index contributed by atoms with van der Waals surface area (Å²) in [4.78, 5) is 11.6. The second-order valence-corrected chi connectivity index (χ2v) is 3.42. The number of allylic oxidation sites excluding steroid dienone is 1. The van der Waals surface area contributed by atoms with Gasteiger partial charge in [-0.1, -0.05) is 0 Å². The van der Waals surface area contributed by atoms with Crippen molar-refractivity contribution in [2.24, 2.45) is 0 Å². The van der Waals surface area contributed by atoms with Gasteiger partial charge in [-0.05, 0) is 34.1 Å². The molecular formula is C9H7BrO3. The number of furan rings is 1. The fourth-order valence-electron chi connectivity index (χ4n) is 1.13. The molecular weight excluding hydrogens is 236 g/mol. The zero-order valence-corrected chi connectivity index (χ0v) is 8.33. The summed E-state index contributed by atoms with van der Waals surface area (Å²) in [7, 11) is 0. The van der Waals surface area contributed by atoms with Crippen LogP contribution in [0.2, 0.25) is 0 Å². The van der Waals surface area contributed by atoms with Gasteiger partial charge in [0.2, 0.25) is 0 Å². The molecule has 0 N–H and O–H groups in total. The number of carbonyl (C=O) groups is 1. The molecule has 2 heterocycles. The third-order valence-corrected chi connectivity index (χ3v) is 2.15. The number of ketones is 1. The SMILES string of the molecule is O=C(C1=CCCO1)c1ccc(Br)o1. The molecule has 0 radical (unpaired) electrons. The number of halogens is 1. The first-order chi connectivity index (χ1) is 6.27. The molecule has 68 valence electrons. The highest BCUT2D eigenvalue weighted by Crippen LogP contribution is 2.20. The van der Waals surface area contributed by atoms with Crippen molar-refractivity contribution in [3.63, 3.8) is 0 Å². The minimum atomic E-state index is -0.191. The first kappa shape index (κ1) is 8.56. The van der Waals surface area contributed by atoms with Gasteiger partial charge in [0.25, 0.3) is 5.78 Å². The fraction of sp³-hybridized carbons (Fsp3) is 0.222. The van der Waals surface area contributed by atoms with E-state index >= 15 is 0 Å². The van der Waals surface area contributed by atoms with E-state index in [-0.39, 0.29) is 5.78 Å². The molecule has 4 heteroatoms. The summed E-state index contributed by atoms with van der Waals surface area (Å²) in [6, 6.07) is 3.30. The predicted molar refractivity (Wildman–Crippen MR) is 49.4 cm³/mol. The first-order valence-electron chi connectivity index (χ1n) is 3.90. The van der Waals surface area contributed by atoms with Crippen LogP contribution in [-0.4, -0.2) is 12.4 Å². The molecule has 1 aromatic rings. The van der Waals surface area contributed by atoms with Crippen molar-refractivity contribution < 1.29 is 13.9 Å². The van der Waals surface area contributed by atoms with Crippen LogP contribution >= 0.6 is 15.9 Å². The summed E-state index contributed by atoms with van der Waals surface area (Å²) in [5.41, 5.74) is 0. The molecule has 1 aliphatic heterocycles. The van der Waals surface area contributed by atoms with Crippen LogP contribution in [-0.2, 0) is 4.74 Å². The molecule has 13 heavy (non-hydrogen) atoms. The molecule has 0 atom stereocenters. The number of hydrogen-bond donors (Lipinski definition) is 0. The molecule has 1 aromatic heterocycles. The van der Waals surface area contributed by atoms with Crippen molar-refractivity contribution >= 4 is 21.7 Å². The summed E-state index contributed by atoms with van der Waals surface area (Å²) < 4.78 is 10.8. The first-order valence-corrected chi connectivity index (χ1v) is 4.69. The number of ether oxygens (including phenoxy) is 1. The number of rotatable bonds is 2. The lowest BCUT2D eigenvalue weighted by atomic mass is 10.2. The van der Waals surface area contributed by atoms with E-state index in [4.69, 9.17) is 9.15 Å². The topological polar surface area (TPSA) is 39.4 Å². The molecule has 0 unspecified atom stereocenters. The standard InChI is InChI=1S/C9H7BrO3/c10-8-4-3-7(13-8)9(11)6-2-1-5-12-6/h2-4H,1,5H2. The van der Waals surface area contributed by atoms with Gasteiger partial charge in [0.1, 0.15) is 0 Å². The van der Waals surface area contributed by atoms with E-state index in [2.05, 4.69) is 15.9 Å². The van der Waals surface area contributed by atoms with Crippen molar-refractivity contribution in [3.8, 4) is 0 Å². The van der Waals surface area contributed by atoms with Gasteiger partial charge in [-0.15, -0.1) is 0 Å². The van der Waals surface area contributed by atoms with Crippen LogP contribution in [0.15, 0.2) is 33.1 Å². The summed E-state index contributed by atoms with van der Waals surface area (Å²) in [6.45, 7) is 0.586. The van der Waals surface area contributed by atoms with Crippen molar-refractivity contribution in [1.29, 1.82) is 0 Å². The van der Waals surface area contributed by atoms with Crippen molar-refractivity contribution in [1.82, 2.24) is 0 Å². The molecule has 0 saturated heterocycles. The van der Waals surface area contributed by atoms with E-state index in [1.165, 1.54) is 0 Å². The molecule has 3 nitrogen and oxygen atoms in total. The summed E-state index contributed by atoms with van der Waals surface area (Å²) in [5.74, 6) is 0.505. The summed E-state index contributed by atoms with van der Waals surface area (Å²) in [6.07, 6.45) is 2.57. The number of Topliss-reactive ketones (excluding diaryl/α,β-unsaturated/α-hetero) is 1. The smallest absolute Gasteiger partial charge is 0.262 e. The second-order valence-electron chi connectivity index (χ2n) is 2.64. The van der Waals surface area contributed by atoms with Crippen LogP contribution in [0, 0.1) is 0 Å². The maximum atomic E-state index is 11.6. The van der Waals surface area contributed by atoms with Gasteiger partial charge in [-0.3, -0.25) is 4.79 Å². The predicted octanol–water partition coefficient (Wildman–Crippen LogP) is 2.53. The molecule has 2 rings (SSSR count). The Labute approximate surface area is 83.5 Å². The third-order valence-electron chi connectivity index (χ3n) is 1.73. The minimum Gasteiger partial charge on any atom is -0.489 e. The van der Waals surface area contributed by atoms with Crippen LogP contribution < -0.4 is 0 Å². The van der Waals surface area contributed by atoms with Gasteiger partial charge < -0.3 is 9.15 Å². The molecule has 0 spiro atoms. The Balaban J connectivity index is 2.22. The monoisotopic (exact) mass is 242 g/mol. The lowest BCUT2D eigenvalue weighted by Crippen LogP contribution is -2.02. The normalized spacial score (nSPS) is 15.3. The Kier molecular flexibility index (Phi) is 2.22. The van der Waals surface area contributed by atoms with Gasteiger partial charge in [-0.25, -0.2) is 0 Å². The van der Waals surface area contributed by atoms with E-state index in [0.717, 1.165) is 6.42 Å². The van der Waals surface area contributed by atoms with Crippen molar-refractivity contribution in [2.75, 3.05) is 6.61 Å². The molecule has 0 bridgehead atoms. The maximum absolute atomic E-state index is 11.6. The Morgan fingerprint density at radius 3 is 2.85 bits per heavy atom. The van der Waals surface area contributed by atoms with E-state index in [0.29, 0.717) is 22.8 Å². The Morgan fingerprint density at radius 2 is 2.31 bits per heavy atom. The summed E-state index contributed by atoms with van der Waals surface area (Å²) >= 11 is 3.13. The molecule has 0 aliphatic carbocycles. The van der Waals surface area contributed by atoms with E-state index < -0.39 is 0 Å². The van der Waals surface area contributed by atoms with Gasteiger partial charge in [0.15, 0.2) is 16.2 Å². The largest absolute Gasteiger partial charge is 0.489 e. The Morgan fingerprint density at radius 1 is 1.46 bits per heavy atom. The van der Waals surface area contributed by atoms with Gasteiger partial charge in [0, 0.05) is 6.42 Å². The van der Waals surface area contributed by atoms with Gasteiger partial charge >= 0.3 is 0 Å². The van der Waals surface area contributed by atoms with Crippen molar-refractivity contribution in [3.05, 3.63) is 34.4 Å². The zero-order valence-electron chi connectivity index (χ0n) is 6.75. The highest BCUT2D eigenvalue weighted by molar-refractivity contribution is 9.10. The Hall–Kier alpha value is -1.03. The summed E-state index contributed by atoms with van der Waals surface area (Å²) in [5, 5.41) is 0. The van der Waals surface area contributed by atoms with E-state index in [1.54, 1.807) is 18.2 Å². The van der Waals surface area contributed by atoms with Crippen LogP contribution in [0.5, 0.6) is 0 Å². The maximum Gasteiger partial charge on any atom is 0.262 e. The van der Waals surface area contributed by atoms with Crippen molar-refractivity contribution in [2.45, 2.75) is 6.42 Å².